The van der Waals surface area contributed by atoms with E-state index in [-0.39, 0.29) is 17.9 Å². The van der Waals surface area contributed by atoms with Crippen LogP contribution < -0.4 is 4.74 Å². The molecule has 0 fully saturated rings. The number of carbonyl (C=O) groups is 1. The highest BCUT2D eigenvalue weighted by atomic mass is 19.3. The zero-order chi connectivity index (χ0) is 14.7. The third kappa shape index (κ3) is 2.68. The summed E-state index contributed by atoms with van der Waals surface area (Å²) < 4.78 is 37.2. The van der Waals surface area contributed by atoms with Crippen LogP contribution in [0.4, 0.5) is 8.78 Å². The van der Waals surface area contributed by atoms with E-state index in [0.29, 0.717) is 0 Å². The van der Waals surface area contributed by atoms with Crippen LogP contribution in [0.5, 0.6) is 5.75 Å². The lowest BCUT2D eigenvalue weighted by Gasteiger charge is -2.31. The van der Waals surface area contributed by atoms with Crippen molar-refractivity contribution in [3.8, 4) is 5.75 Å². The number of carbonyl (C=O) groups excluding carboxylic acids is 1. The van der Waals surface area contributed by atoms with Crippen LogP contribution in [-0.4, -0.2) is 30.7 Å². The predicted octanol–water partition coefficient (Wildman–Crippen LogP) is 2.10. The van der Waals surface area contributed by atoms with E-state index in [2.05, 4.69) is 4.74 Å². The Bertz CT molecular complexity index is 458. The number of alkyl halides is 2. The fourth-order valence-corrected chi connectivity index (χ4v) is 1.64. The fraction of sp³-hybridized carbons (Fsp3) is 0.462. The molecule has 0 spiro atoms. The Labute approximate surface area is 109 Å². The molecule has 106 valence electrons. The number of para-hydroxylation sites is 1. The second-order valence-electron chi connectivity index (χ2n) is 4.07. The largest absolute Gasteiger partial charge is 0.496 e. The first-order valence-corrected chi connectivity index (χ1v) is 5.70. The third-order valence-electron chi connectivity index (χ3n) is 2.77. The highest BCUT2D eigenvalue weighted by Crippen LogP contribution is 2.42. The molecule has 0 aromatic heterocycles. The number of hydrogen-bond donors (Lipinski definition) is 1. The van der Waals surface area contributed by atoms with Gasteiger partial charge in [-0.1, -0.05) is 18.2 Å². The van der Waals surface area contributed by atoms with Gasteiger partial charge in [0.2, 0.25) is 0 Å². The Balaban J connectivity index is 3.25. The Morgan fingerprint density at radius 3 is 2.47 bits per heavy atom. The van der Waals surface area contributed by atoms with Gasteiger partial charge in [0, 0.05) is 5.56 Å². The molecular formula is C13H16F2O4. The number of hydrogen-bond acceptors (Lipinski definition) is 4. The van der Waals surface area contributed by atoms with Gasteiger partial charge >= 0.3 is 11.9 Å². The van der Waals surface area contributed by atoms with Gasteiger partial charge in [0.05, 0.1) is 13.7 Å². The van der Waals surface area contributed by atoms with Crippen molar-refractivity contribution in [3.63, 3.8) is 0 Å². The van der Waals surface area contributed by atoms with Crippen molar-refractivity contribution < 1.29 is 28.2 Å². The van der Waals surface area contributed by atoms with Crippen molar-refractivity contribution in [1.82, 2.24) is 0 Å². The summed E-state index contributed by atoms with van der Waals surface area (Å²) in [6, 6.07) is 5.73. The van der Waals surface area contributed by atoms with E-state index in [4.69, 9.17) is 4.74 Å². The minimum atomic E-state index is -4.09. The average Bonchev–Trinajstić information content (AvgIpc) is 2.38. The van der Waals surface area contributed by atoms with Gasteiger partial charge in [-0.2, -0.15) is 8.78 Å². The molecule has 0 aliphatic heterocycles. The molecule has 1 atom stereocenters. The molecule has 6 heteroatoms. The highest BCUT2D eigenvalue weighted by molar-refractivity contribution is 5.79. The van der Waals surface area contributed by atoms with E-state index in [1.54, 1.807) is 6.07 Å². The molecule has 0 saturated heterocycles. The van der Waals surface area contributed by atoms with Crippen LogP contribution in [0.1, 0.15) is 19.4 Å². The van der Waals surface area contributed by atoms with Crippen LogP contribution >= 0.6 is 0 Å². The van der Waals surface area contributed by atoms with Gasteiger partial charge in [-0.15, -0.1) is 0 Å². The number of halogens is 2. The van der Waals surface area contributed by atoms with Crippen molar-refractivity contribution in [2.24, 2.45) is 0 Å². The minimum absolute atomic E-state index is 0.0662. The first-order valence-electron chi connectivity index (χ1n) is 5.70. The van der Waals surface area contributed by atoms with Crippen LogP contribution in [0.25, 0.3) is 0 Å². The lowest BCUT2D eigenvalue weighted by atomic mass is 9.88. The molecule has 1 aromatic rings. The molecule has 0 saturated carbocycles. The van der Waals surface area contributed by atoms with E-state index in [0.717, 1.165) is 6.92 Å². The van der Waals surface area contributed by atoms with Crippen LogP contribution in [0, 0.1) is 0 Å². The monoisotopic (exact) mass is 274 g/mol. The molecule has 0 aliphatic rings. The fourth-order valence-electron chi connectivity index (χ4n) is 1.64. The van der Waals surface area contributed by atoms with Crippen molar-refractivity contribution in [2.75, 3.05) is 13.7 Å². The lowest BCUT2D eigenvalue weighted by molar-refractivity contribution is -0.212. The van der Waals surface area contributed by atoms with Gasteiger partial charge in [-0.25, -0.2) is 4.79 Å². The Kier molecular flexibility index (Phi) is 4.47. The maximum atomic E-state index is 14.0. The topological polar surface area (TPSA) is 55.8 Å². The molecule has 19 heavy (non-hydrogen) atoms. The molecule has 4 nitrogen and oxygen atoms in total. The molecule has 0 amide bonds. The summed E-state index contributed by atoms with van der Waals surface area (Å²) in [6.07, 6.45) is 0. The summed E-state index contributed by atoms with van der Waals surface area (Å²) in [6.45, 7) is 2.06. The summed E-state index contributed by atoms with van der Waals surface area (Å²) in [5.41, 5.74) is -2.91. The van der Waals surface area contributed by atoms with Crippen LogP contribution in [-0.2, 0) is 15.1 Å². The first kappa shape index (κ1) is 15.4. The second-order valence-corrected chi connectivity index (χ2v) is 4.07. The zero-order valence-electron chi connectivity index (χ0n) is 10.9. The summed E-state index contributed by atoms with van der Waals surface area (Å²) >= 11 is 0. The molecule has 1 aromatic carbocycles. The van der Waals surface area contributed by atoms with Crippen molar-refractivity contribution >= 4 is 5.97 Å². The van der Waals surface area contributed by atoms with Crippen LogP contribution in [0.15, 0.2) is 24.3 Å². The Morgan fingerprint density at radius 2 is 1.95 bits per heavy atom. The number of esters is 1. The van der Waals surface area contributed by atoms with E-state index in [1.807, 2.05) is 0 Å². The SMILES string of the molecule is CCOC(=O)C(F)(F)[C@](C)(O)c1ccccc1OC. The third-order valence-corrected chi connectivity index (χ3v) is 2.77. The van der Waals surface area contributed by atoms with Gasteiger partial charge in [-0.05, 0) is 19.9 Å². The standard InChI is InChI=1S/C13H16F2O4/c1-4-19-11(16)13(14,15)12(2,17)9-7-5-6-8-10(9)18-3/h5-8,17H,4H2,1-3H3/t12-/m1/s1. The number of methoxy groups -OCH3 is 1. The predicted molar refractivity (Wildman–Crippen MR) is 64.1 cm³/mol. The Morgan fingerprint density at radius 1 is 1.37 bits per heavy atom. The van der Waals surface area contributed by atoms with Gasteiger partial charge in [0.1, 0.15) is 5.75 Å². The van der Waals surface area contributed by atoms with E-state index in [9.17, 15) is 18.7 Å². The molecule has 0 radical (unpaired) electrons. The average molecular weight is 274 g/mol. The number of ether oxygens (including phenoxy) is 2. The van der Waals surface area contributed by atoms with Gasteiger partial charge in [0.25, 0.3) is 0 Å². The van der Waals surface area contributed by atoms with Crippen molar-refractivity contribution in [1.29, 1.82) is 0 Å². The second kappa shape index (κ2) is 5.52. The molecule has 1 N–H and O–H groups in total. The molecule has 1 rings (SSSR count). The molecule has 0 heterocycles. The zero-order valence-corrected chi connectivity index (χ0v) is 10.9. The summed E-state index contributed by atoms with van der Waals surface area (Å²) in [7, 11) is 1.29. The summed E-state index contributed by atoms with van der Waals surface area (Å²) in [4.78, 5) is 11.3. The van der Waals surface area contributed by atoms with Crippen molar-refractivity contribution in [2.45, 2.75) is 25.4 Å². The highest BCUT2D eigenvalue weighted by Gasteiger charge is 2.58. The lowest BCUT2D eigenvalue weighted by Crippen LogP contribution is -2.49. The van der Waals surface area contributed by atoms with Gasteiger partial charge in [0.15, 0.2) is 5.60 Å². The van der Waals surface area contributed by atoms with E-state index in [1.165, 1.54) is 32.2 Å². The molecule has 0 unspecified atom stereocenters. The molecule has 0 aliphatic carbocycles. The van der Waals surface area contributed by atoms with Crippen molar-refractivity contribution in [3.05, 3.63) is 29.8 Å². The first-order chi connectivity index (χ1) is 8.79. The smallest absolute Gasteiger partial charge is 0.380 e. The quantitative estimate of drug-likeness (QED) is 0.835. The summed E-state index contributed by atoms with van der Waals surface area (Å²) in [5, 5.41) is 10.1. The molecular weight excluding hydrogens is 258 g/mol. The van der Waals surface area contributed by atoms with Gasteiger partial charge < -0.3 is 14.6 Å². The number of rotatable bonds is 5. The maximum absolute atomic E-state index is 14.0. The van der Waals surface area contributed by atoms with Crippen LogP contribution in [0.2, 0.25) is 0 Å². The Hall–Kier alpha value is -1.69. The number of aliphatic hydroxyl groups is 1. The molecule has 0 bridgehead atoms. The maximum Gasteiger partial charge on any atom is 0.380 e. The number of benzene rings is 1. The minimum Gasteiger partial charge on any atom is -0.496 e. The van der Waals surface area contributed by atoms with E-state index < -0.39 is 17.5 Å². The summed E-state index contributed by atoms with van der Waals surface area (Å²) in [5.74, 6) is -5.79. The van der Waals surface area contributed by atoms with Crippen LogP contribution in [0.3, 0.4) is 0 Å². The normalized spacial score (nSPS) is 14.6. The van der Waals surface area contributed by atoms with E-state index >= 15 is 0 Å². The van der Waals surface area contributed by atoms with Gasteiger partial charge in [-0.3, -0.25) is 0 Å².